The van der Waals surface area contributed by atoms with E-state index in [1.165, 1.54) is 0 Å². The van der Waals surface area contributed by atoms with Gasteiger partial charge in [0.2, 0.25) is 5.90 Å². The summed E-state index contributed by atoms with van der Waals surface area (Å²) in [7, 11) is 0. The molecule has 3 aliphatic rings. The number of hydrogen-bond acceptors (Lipinski definition) is 6. The summed E-state index contributed by atoms with van der Waals surface area (Å²) >= 11 is 0. The molecule has 2 aromatic rings. The first kappa shape index (κ1) is 20.5. The van der Waals surface area contributed by atoms with E-state index in [1.807, 2.05) is 47.4 Å². The van der Waals surface area contributed by atoms with Gasteiger partial charge in [-0.25, -0.2) is 14.6 Å². The predicted molar refractivity (Wildman–Crippen MR) is 120 cm³/mol. The molecule has 2 fully saturated rings. The molecular weight excluding hydrogens is 408 g/mol. The normalized spacial score (nSPS) is 22.8. The van der Waals surface area contributed by atoms with Gasteiger partial charge in [-0.2, -0.15) is 0 Å². The molecule has 2 aromatic carbocycles. The fourth-order valence-electron chi connectivity index (χ4n) is 4.24. The van der Waals surface area contributed by atoms with E-state index in [2.05, 4.69) is 10.3 Å². The predicted octanol–water partition coefficient (Wildman–Crippen LogP) is 2.84. The first-order valence-corrected chi connectivity index (χ1v) is 11.1. The van der Waals surface area contributed by atoms with Gasteiger partial charge in [0.05, 0.1) is 0 Å². The number of cyclic esters (lactones) is 1. The maximum absolute atomic E-state index is 12.5. The van der Waals surface area contributed by atoms with Crippen LogP contribution in [-0.2, 0) is 14.3 Å². The van der Waals surface area contributed by atoms with E-state index in [0.29, 0.717) is 38.7 Å². The first-order chi connectivity index (χ1) is 15.7. The highest BCUT2D eigenvalue weighted by Gasteiger charge is 2.28. The number of carbonyl (C=O) groups is 2. The zero-order valence-corrected chi connectivity index (χ0v) is 17.8. The number of ether oxygens (including phenoxy) is 2. The number of nitrogens with zero attached hydrogens (tertiary/aromatic N) is 3. The van der Waals surface area contributed by atoms with Crippen molar-refractivity contribution in [3.05, 3.63) is 59.9 Å². The second-order valence-corrected chi connectivity index (χ2v) is 8.18. The summed E-state index contributed by atoms with van der Waals surface area (Å²) in [6.45, 7) is 3.07. The molecule has 5 rings (SSSR count). The molecule has 8 nitrogen and oxygen atoms in total. The van der Waals surface area contributed by atoms with Gasteiger partial charge in [0.15, 0.2) is 5.70 Å². The molecule has 3 aliphatic heterocycles. The molecule has 0 saturated carbocycles. The average molecular weight is 434 g/mol. The Morgan fingerprint density at radius 2 is 1.88 bits per heavy atom. The fourth-order valence-corrected chi connectivity index (χ4v) is 4.24. The van der Waals surface area contributed by atoms with Crippen LogP contribution < -0.4 is 5.32 Å². The lowest BCUT2D eigenvalue weighted by Crippen LogP contribution is -2.53. The Bertz CT molecular complexity index is 1080. The molecule has 0 aliphatic carbocycles. The molecule has 0 radical (unpaired) electrons. The second-order valence-electron chi connectivity index (χ2n) is 8.18. The minimum absolute atomic E-state index is 0.0965. The van der Waals surface area contributed by atoms with Crippen LogP contribution >= 0.6 is 0 Å². The number of fused-ring (bicyclic) bond motifs is 1. The maximum Gasteiger partial charge on any atom is 0.365 e. The van der Waals surface area contributed by atoms with Crippen molar-refractivity contribution in [3.8, 4) is 0 Å². The van der Waals surface area contributed by atoms with Gasteiger partial charge in [0.25, 0.3) is 0 Å². The van der Waals surface area contributed by atoms with E-state index in [0.717, 1.165) is 35.6 Å². The first-order valence-electron chi connectivity index (χ1n) is 11.1. The Labute approximate surface area is 186 Å². The molecule has 1 N–H and O–H groups in total. The third kappa shape index (κ3) is 4.31. The van der Waals surface area contributed by atoms with Gasteiger partial charge in [-0.1, -0.05) is 36.4 Å². The molecule has 166 valence electrons. The van der Waals surface area contributed by atoms with E-state index in [9.17, 15) is 9.59 Å². The van der Waals surface area contributed by atoms with Crippen molar-refractivity contribution in [3.63, 3.8) is 0 Å². The number of nitrogens with one attached hydrogen (secondary N) is 1. The molecule has 2 amide bonds. The Morgan fingerprint density at radius 1 is 1.06 bits per heavy atom. The highest BCUT2D eigenvalue weighted by molar-refractivity contribution is 6.16. The van der Waals surface area contributed by atoms with Crippen LogP contribution in [0.5, 0.6) is 0 Å². The van der Waals surface area contributed by atoms with Gasteiger partial charge in [-0.3, -0.25) is 0 Å². The van der Waals surface area contributed by atoms with Crippen LogP contribution in [0.3, 0.4) is 0 Å². The van der Waals surface area contributed by atoms with Gasteiger partial charge < -0.3 is 24.6 Å². The summed E-state index contributed by atoms with van der Waals surface area (Å²) in [5.74, 6) is -0.133. The average Bonchev–Trinajstić information content (AvgIpc) is 3.19. The van der Waals surface area contributed by atoms with E-state index in [1.54, 1.807) is 11.1 Å². The second kappa shape index (κ2) is 9.00. The summed E-state index contributed by atoms with van der Waals surface area (Å²) in [6.07, 6.45) is 4.53. The van der Waals surface area contributed by atoms with Gasteiger partial charge in [0, 0.05) is 44.5 Å². The van der Waals surface area contributed by atoms with Gasteiger partial charge in [-0.05, 0) is 36.1 Å². The SMILES string of the molecule is O=C1OC(c2cccc3ccccc23)=NC1=CN1CCN(C(=O)NC2CCCCO2)CC1. The number of benzene rings is 2. The molecule has 2 saturated heterocycles. The van der Waals surface area contributed by atoms with Crippen molar-refractivity contribution in [1.29, 1.82) is 0 Å². The Hall–Kier alpha value is -3.39. The van der Waals surface area contributed by atoms with Crippen molar-refractivity contribution in [1.82, 2.24) is 15.1 Å². The maximum atomic E-state index is 12.5. The lowest BCUT2D eigenvalue weighted by atomic mass is 10.0. The Kier molecular flexibility index (Phi) is 5.77. The number of carbonyl (C=O) groups excluding carboxylic acids is 2. The molecule has 32 heavy (non-hydrogen) atoms. The van der Waals surface area contributed by atoms with Crippen LogP contribution in [0.25, 0.3) is 10.8 Å². The number of rotatable bonds is 3. The van der Waals surface area contributed by atoms with Crippen LogP contribution in [0, 0.1) is 0 Å². The van der Waals surface area contributed by atoms with Crippen LogP contribution in [0.4, 0.5) is 4.79 Å². The monoisotopic (exact) mass is 434 g/mol. The minimum atomic E-state index is -0.456. The smallest absolute Gasteiger partial charge is 0.365 e. The van der Waals surface area contributed by atoms with Crippen molar-refractivity contribution >= 4 is 28.7 Å². The molecule has 1 unspecified atom stereocenters. The molecule has 8 heteroatoms. The summed E-state index contributed by atoms with van der Waals surface area (Å²) < 4.78 is 11.1. The van der Waals surface area contributed by atoms with Crippen LogP contribution in [-0.4, -0.2) is 66.7 Å². The van der Waals surface area contributed by atoms with Crippen LogP contribution in [0.1, 0.15) is 24.8 Å². The minimum Gasteiger partial charge on any atom is -0.402 e. The fraction of sp³-hybridized carbons (Fsp3) is 0.375. The lowest BCUT2D eigenvalue weighted by Gasteiger charge is -2.35. The Morgan fingerprint density at radius 3 is 2.69 bits per heavy atom. The molecule has 3 heterocycles. The topological polar surface area (TPSA) is 83.5 Å². The molecule has 1 atom stereocenters. The summed E-state index contributed by atoms with van der Waals surface area (Å²) in [6, 6.07) is 13.7. The highest BCUT2D eigenvalue weighted by Crippen LogP contribution is 2.24. The largest absolute Gasteiger partial charge is 0.402 e. The quantitative estimate of drug-likeness (QED) is 0.593. The zero-order chi connectivity index (χ0) is 21.9. The zero-order valence-electron chi connectivity index (χ0n) is 17.8. The number of hydrogen-bond donors (Lipinski definition) is 1. The summed E-state index contributed by atoms with van der Waals surface area (Å²) in [5.41, 5.74) is 1.08. The summed E-state index contributed by atoms with van der Waals surface area (Å²) in [4.78, 5) is 33.2. The van der Waals surface area contributed by atoms with Gasteiger partial charge >= 0.3 is 12.0 Å². The number of amides is 2. The Balaban J connectivity index is 1.23. The van der Waals surface area contributed by atoms with Crippen molar-refractivity contribution < 1.29 is 19.1 Å². The van der Waals surface area contributed by atoms with Crippen molar-refractivity contribution in [2.24, 2.45) is 4.99 Å². The highest BCUT2D eigenvalue weighted by atomic mass is 16.6. The standard InChI is InChI=1S/C24H26N4O4/c29-23-20(25-22(32-23)19-9-5-7-17-6-1-2-8-18(17)19)16-27-11-13-28(14-12-27)24(30)26-21-10-3-4-15-31-21/h1-2,5-9,16,21H,3-4,10-15H2,(H,26,30). The van der Waals surface area contributed by atoms with E-state index in [4.69, 9.17) is 9.47 Å². The molecular formula is C24H26N4O4. The molecule has 0 spiro atoms. The number of esters is 1. The van der Waals surface area contributed by atoms with Crippen molar-refractivity contribution in [2.75, 3.05) is 32.8 Å². The number of piperazine rings is 1. The lowest BCUT2D eigenvalue weighted by molar-refractivity contribution is -0.130. The van der Waals surface area contributed by atoms with Gasteiger partial charge in [-0.15, -0.1) is 0 Å². The van der Waals surface area contributed by atoms with Crippen molar-refractivity contribution in [2.45, 2.75) is 25.5 Å². The van der Waals surface area contributed by atoms with Gasteiger partial charge in [0.1, 0.15) is 6.23 Å². The number of urea groups is 1. The van der Waals surface area contributed by atoms with E-state index in [-0.39, 0.29) is 18.0 Å². The van der Waals surface area contributed by atoms with E-state index < -0.39 is 5.97 Å². The number of aliphatic imine (C=N–C) groups is 1. The van der Waals surface area contributed by atoms with Crippen LogP contribution in [0.15, 0.2) is 59.4 Å². The van der Waals surface area contributed by atoms with Crippen LogP contribution in [0.2, 0.25) is 0 Å². The summed E-state index contributed by atoms with van der Waals surface area (Å²) in [5, 5.41) is 5.01. The molecule has 0 bridgehead atoms. The third-order valence-electron chi connectivity index (χ3n) is 6.01. The molecule has 0 aromatic heterocycles. The van der Waals surface area contributed by atoms with E-state index >= 15 is 0 Å². The third-order valence-corrected chi connectivity index (χ3v) is 6.01.